The summed E-state index contributed by atoms with van der Waals surface area (Å²) in [5, 5.41) is 9.67. The van der Waals surface area contributed by atoms with Crippen molar-refractivity contribution in [3.63, 3.8) is 0 Å². The first-order valence-corrected chi connectivity index (χ1v) is 9.61. The molecule has 3 heteroatoms. The van der Waals surface area contributed by atoms with Gasteiger partial charge in [0.1, 0.15) is 11.6 Å². The largest absolute Gasteiger partial charge is 0.311 e. The molecule has 0 spiro atoms. The number of hydrogen-bond acceptors (Lipinski definition) is 2. The van der Waals surface area contributed by atoms with E-state index in [1.165, 1.54) is 75.9 Å². The standard InChI is InChI=1S/C19H27N3/c1-18(4-5-18)16-20-21-17(22(16)15-2-3-15)19-9-12-6-13(10-19)8-14(7-12)11-19/h12-15H,2-11H2,1H3. The van der Waals surface area contributed by atoms with E-state index < -0.39 is 0 Å². The Labute approximate surface area is 132 Å². The Morgan fingerprint density at radius 3 is 1.91 bits per heavy atom. The summed E-state index contributed by atoms with van der Waals surface area (Å²) in [7, 11) is 0. The zero-order chi connectivity index (χ0) is 14.5. The lowest BCUT2D eigenvalue weighted by Gasteiger charge is -2.56. The van der Waals surface area contributed by atoms with Crippen LogP contribution in [-0.2, 0) is 10.8 Å². The molecular formula is C19H27N3. The zero-order valence-corrected chi connectivity index (χ0v) is 13.7. The highest BCUT2D eigenvalue weighted by Gasteiger charge is 2.56. The van der Waals surface area contributed by atoms with Crippen LogP contribution in [-0.4, -0.2) is 14.8 Å². The van der Waals surface area contributed by atoms with Crippen LogP contribution in [0.15, 0.2) is 0 Å². The molecule has 0 radical (unpaired) electrons. The lowest BCUT2D eigenvalue weighted by molar-refractivity contribution is -0.0113. The summed E-state index contributed by atoms with van der Waals surface area (Å²) in [5.41, 5.74) is 0.768. The minimum atomic E-state index is 0.357. The zero-order valence-electron chi connectivity index (χ0n) is 13.7. The third-order valence-electron chi connectivity index (χ3n) is 7.66. The fraction of sp³-hybridized carbons (Fsp3) is 0.895. The van der Waals surface area contributed by atoms with E-state index in [0.29, 0.717) is 10.8 Å². The van der Waals surface area contributed by atoms with Crippen LogP contribution in [0, 0.1) is 17.8 Å². The second-order valence-corrected chi connectivity index (χ2v) is 9.71. The fourth-order valence-corrected chi connectivity index (χ4v) is 6.54. The van der Waals surface area contributed by atoms with E-state index in [1.807, 2.05) is 0 Å². The molecule has 0 aliphatic heterocycles. The van der Waals surface area contributed by atoms with Gasteiger partial charge < -0.3 is 4.57 Å². The van der Waals surface area contributed by atoms with Crippen molar-refractivity contribution in [1.82, 2.24) is 14.8 Å². The van der Waals surface area contributed by atoms with Gasteiger partial charge in [0.2, 0.25) is 0 Å². The second-order valence-electron chi connectivity index (χ2n) is 9.71. The third kappa shape index (κ3) is 1.58. The van der Waals surface area contributed by atoms with Crippen molar-refractivity contribution >= 4 is 0 Å². The summed E-state index contributed by atoms with van der Waals surface area (Å²) < 4.78 is 2.67. The van der Waals surface area contributed by atoms with E-state index in [2.05, 4.69) is 11.5 Å². The molecule has 118 valence electrons. The normalized spacial score (nSPS) is 44.5. The van der Waals surface area contributed by atoms with Crippen LogP contribution in [0.5, 0.6) is 0 Å². The molecule has 22 heavy (non-hydrogen) atoms. The summed E-state index contributed by atoms with van der Waals surface area (Å²) in [6, 6.07) is 0.741. The summed E-state index contributed by atoms with van der Waals surface area (Å²) in [4.78, 5) is 0. The molecule has 0 N–H and O–H groups in total. The number of rotatable bonds is 3. The highest BCUT2D eigenvalue weighted by molar-refractivity contribution is 5.25. The first-order chi connectivity index (χ1) is 10.7. The van der Waals surface area contributed by atoms with Gasteiger partial charge in [-0.15, -0.1) is 10.2 Å². The summed E-state index contributed by atoms with van der Waals surface area (Å²) >= 11 is 0. The molecule has 6 fully saturated rings. The Hall–Kier alpha value is -0.860. The lowest BCUT2D eigenvalue weighted by atomic mass is 9.49. The summed E-state index contributed by atoms with van der Waals surface area (Å²) in [6.07, 6.45) is 14.2. The van der Waals surface area contributed by atoms with Crippen LogP contribution in [0.25, 0.3) is 0 Å². The van der Waals surface area contributed by atoms with Crippen molar-refractivity contribution in [3.05, 3.63) is 11.6 Å². The highest BCUT2D eigenvalue weighted by atomic mass is 15.3. The Morgan fingerprint density at radius 1 is 0.864 bits per heavy atom. The predicted octanol–water partition coefficient (Wildman–Crippen LogP) is 4.13. The molecule has 3 nitrogen and oxygen atoms in total. The highest BCUT2D eigenvalue weighted by Crippen LogP contribution is 2.61. The molecule has 6 aliphatic rings. The van der Waals surface area contributed by atoms with E-state index in [9.17, 15) is 0 Å². The van der Waals surface area contributed by atoms with Crippen molar-refractivity contribution in [1.29, 1.82) is 0 Å². The lowest BCUT2D eigenvalue weighted by Crippen LogP contribution is -2.49. The summed E-state index contributed by atoms with van der Waals surface area (Å²) in [5.74, 6) is 5.76. The molecular weight excluding hydrogens is 270 g/mol. The quantitative estimate of drug-likeness (QED) is 0.839. The topological polar surface area (TPSA) is 30.7 Å². The third-order valence-corrected chi connectivity index (χ3v) is 7.66. The number of aromatic nitrogens is 3. The van der Waals surface area contributed by atoms with Crippen LogP contribution < -0.4 is 0 Å². The van der Waals surface area contributed by atoms with Crippen molar-refractivity contribution in [2.45, 2.75) is 88.0 Å². The van der Waals surface area contributed by atoms with Gasteiger partial charge in [-0.3, -0.25) is 0 Å². The molecule has 0 amide bonds. The Morgan fingerprint density at radius 2 is 1.41 bits per heavy atom. The Balaban J connectivity index is 1.49. The molecule has 1 aromatic heterocycles. The van der Waals surface area contributed by atoms with Gasteiger partial charge in [0, 0.05) is 16.9 Å². The van der Waals surface area contributed by atoms with E-state index >= 15 is 0 Å². The molecule has 1 aromatic rings. The molecule has 4 bridgehead atoms. The van der Waals surface area contributed by atoms with E-state index in [4.69, 9.17) is 10.2 Å². The fourth-order valence-electron chi connectivity index (χ4n) is 6.54. The van der Waals surface area contributed by atoms with Crippen LogP contribution in [0.1, 0.15) is 88.8 Å². The molecule has 6 aliphatic carbocycles. The molecule has 0 saturated heterocycles. The van der Waals surface area contributed by atoms with Crippen LogP contribution in [0.4, 0.5) is 0 Å². The first-order valence-electron chi connectivity index (χ1n) is 9.61. The van der Waals surface area contributed by atoms with Gasteiger partial charge in [0.25, 0.3) is 0 Å². The molecule has 1 heterocycles. The van der Waals surface area contributed by atoms with Gasteiger partial charge in [-0.25, -0.2) is 0 Å². The van der Waals surface area contributed by atoms with E-state index in [0.717, 1.165) is 23.8 Å². The Bertz CT molecular complexity index is 600. The van der Waals surface area contributed by atoms with E-state index in [-0.39, 0.29) is 0 Å². The van der Waals surface area contributed by atoms with Crippen LogP contribution in [0.2, 0.25) is 0 Å². The molecule has 0 aromatic carbocycles. The smallest absolute Gasteiger partial charge is 0.139 e. The maximum Gasteiger partial charge on any atom is 0.139 e. The first kappa shape index (κ1) is 12.5. The van der Waals surface area contributed by atoms with E-state index in [1.54, 1.807) is 0 Å². The van der Waals surface area contributed by atoms with Gasteiger partial charge in [0.15, 0.2) is 0 Å². The minimum Gasteiger partial charge on any atom is -0.311 e. The average molecular weight is 297 g/mol. The SMILES string of the molecule is CC1(c2nnc(C34CC5CC(CC(C5)C3)C4)n2C2CC2)CC1. The van der Waals surface area contributed by atoms with Crippen molar-refractivity contribution < 1.29 is 0 Å². The van der Waals surface area contributed by atoms with Crippen LogP contribution >= 0.6 is 0 Å². The molecule has 0 unspecified atom stereocenters. The van der Waals surface area contributed by atoms with Crippen molar-refractivity contribution in [2.75, 3.05) is 0 Å². The molecule has 0 atom stereocenters. The molecule has 6 saturated carbocycles. The van der Waals surface area contributed by atoms with Crippen LogP contribution in [0.3, 0.4) is 0 Å². The number of nitrogens with zero attached hydrogens (tertiary/aromatic N) is 3. The minimum absolute atomic E-state index is 0.357. The van der Waals surface area contributed by atoms with Gasteiger partial charge >= 0.3 is 0 Å². The van der Waals surface area contributed by atoms with Crippen molar-refractivity contribution in [3.8, 4) is 0 Å². The molecule has 7 rings (SSSR count). The second kappa shape index (κ2) is 3.79. The van der Waals surface area contributed by atoms with Crippen molar-refractivity contribution in [2.24, 2.45) is 17.8 Å². The maximum absolute atomic E-state index is 4.89. The Kier molecular flexibility index (Phi) is 2.16. The number of hydrogen-bond donors (Lipinski definition) is 0. The predicted molar refractivity (Wildman–Crippen MR) is 84.7 cm³/mol. The van der Waals surface area contributed by atoms with Gasteiger partial charge in [-0.1, -0.05) is 6.92 Å². The van der Waals surface area contributed by atoms with Gasteiger partial charge in [0.05, 0.1) is 0 Å². The maximum atomic E-state index is 4.89. The van der Waals surface area contributed by atoms with Gasteiger partial charge in [-0.2, -0.15) is 0 Å². The van der Waals surface area contributed by atoms with Gasteiger partial charge in [-0.05, 0) is 82.0 Å². The summed E-state index contributed by atoms with van der Waals surface area (Å²) in [6.45, 7) is 2.40. The average Bonchev–Trinajstić information content (AvgIpc) is 3.39. The monoisotopic (exact) mass is 297 g/mol.